The molecule has 1 aromatic heterocycles. The largest absolute Gasteiger partial charge is 0.455 e. The SMILES string of the molecule is C1=Cc2c(c(-c3ccc(-c4ccccc4)cc3)cc3c2oc2cccc(N(c4ccccc4)C4CC=Cc5ccccc54)c23)CC1. The molecular formula is C44H33NO. The van der Waals surface area contributed by atoms with Gasteiger partial charge in [0, 0.05) is 16.6 Å². The van der Waals surface area contributed by atoms with E-state index in [0.29, 0.717) is 0 Å². The van der Waals surface area contributed by atoms with Gasteiger partial charge in [-0.2, -0.15) is 0 Å². The number of fused-ring (bicyclic) bond motifs is 6. The average molecular weight is 592 g/mol. The van der Waals surface area contributed by atoms with E-state index in [9.17, 15) is 0 Å². The highest BCUT2D eigenvalue weighted by atomic mass is 16.3. The zero-order valence-electron chi connectivity index (χ0n) is 25.6. The Morgan fingerprint density at radius 3 is 2.22 bits per heavy atom. The molecule has 0 N–H and O–H groups in total. The van der Waals surface area contributed by atoms with Crippen molar-refractivity contribution in [3.63, 3.8) is 0 Å². The van der Waals surface area contributed by atoms with E-state index in [-0.39, 0.29) is 6.04 Å². The Labute approximate surface area is 269 Å². The number of rotatable bonds is 5. The zero-order valence-corrected chi connectivity index (χ0v) is 25.6. The van der Waals surface area contributed by atoms with E-state index in [2.05, 4.69) is 163 Å². The number of furan rings is 1. The molecule has 2 heteroatoms. The van der Waals surface area contributed by atoms with E-state index in [1.54, 1.807) is 0 Å². The van der Waals surface area contributed by atoms with E-state index in [4.69, 9.17) is 4.42 Å². The Kier molecular flexibility index (Phi) is 6.45. The molecule has 2 nitrogen and oxygen atoms in total. The summed E-state index contributed by atoms with van der Waals surface area (Å²) in [5.41, 5.74) is 14.5. The third kappa shape index (κ3) is 4.41. The van der Waals surface area contributed by atoms with Gasteiger partial charge < -0.3 is 9.32 Å². The van der Waals surface area contributed by atoms with Crippen molar-refractivity contribution in [2.24, 2.45) is 0 Å². The van der Waals surface area contributed by atoms with Crippen LogP contribution < -0.4 is 4.90 Å². The van der Waals surface area contributed by atoms with Gasteiger partial charge in [0.1, 0.15) is 11.2 Å². The van der Waals surface area contributed by atoms with Crippen LogP contribution in [0.4, 0.5) is 11.4 Å². The Bertz CT molecular complexity index is 2270. The first-order valence-electron chi connectivity index (χ1n) is 16.3. The summed E-state index contributed by atoms with van der Waals surface area (Å²) in [6.45, 7) is 0. The van der Waals surface area contributed by atoms with Crippen molar-refractivity contribution >= 4 is 45.5 Å². The molecule has 9 rings (SSSR count). The molecule has 0 radical (unpaired) electrons. The van der Waals surface area contributed by atoms with E-state index in [0.717, 1.165) is 35.8 Å². The fourth-order valence-corrected chi connectivity index (χ4v) is 7.55. The number of benzene rings is 6. The molecule has 220 valence electrons. The Morgan fingerprint density at radius 2 is 1.37 bits per heavy atom. The standard InChI is InChI=1S/C44H33NO/c1-3-13-30(14-4-1)31-25-27-33(28-26-31)38-29-39-43-41(23-12-24-42(43)46-44(39)37-21-10-9-20-36(37)38)45(34-17-5-2-6-18-34)40-22-11-16-32-15-7-8-19-35(32)40/h1-8,10-19,21,23-29,40H,9,20,22H2. The van der Waals surface area contributed by atoms with Gasteiger partial charge in [-0.1, -0.05) is 127 Å². The Balaban J connectivity index is 1.28. The first kappa shape index (κ1) is 26.8. The Hall–Kier alpha value is -5.60. The summed E-state index contributed by atoms with van der Waals surface area (Å²) < 4.78 is 6.81. The maximum Gasteiger partial charge on any atom is 0.143 e. The third-order valence-electron chi connectivity index (χ3n) is 9.68. The molecule has 0 saturated carbocycles. The molecule has 2 aliphatic carbocycles. The molecule has 0 spiro atoms. The summed E-state index contributed by atoms with van der Waals surface area (Å²) in [6, 6.07) is 48.4. The number of nitrogens with zero attached hydrogens (tertiary/aromatic N) is 1. The van der Waals surface area contributed by atoms with Crippen molar-refractivity contribution in [3.05, 3.63) is 168 Å². The van der Waals surface area contributed by atoms with Crippen LogP contribution in [0, 0.1) is 0 Å². The van der Waals surface area contributed by atoms with Crippen LogP contribution in [-0.4, -0.2) is 0 Å². The molecule has 0 amide bonds. The second-order valence-electron chi connectivity index (χ2n) is 12.3. The van der Waals surface area contributed by atoms with Crippen LogP contribution in [0.3, 0.4) is 0 Å². The monoisotopic (exact) mass is 591 g/mol. The number of hydrogen-bond acceptors (Lipinski definition) is 2. The van der Waals surface area contributed by atoms with E-state index in [1.807, 2.05) is 0 Å². The summed E-state index contributed by atoms with van der Waals surface area (Å²) in [5, 5.41) is 2.33. The molecule has 0 bridgehead atoms. The lowest BCUT2D eigenvalue weighted by atomic mass is 9.86. The van der Waals surface area contributed by atoms with E-state index < -0.39 is 0 Å². The summed E-state index contributed by atoms with van der Waals surface area (Å²) in [4.78, 5) is 2.53. The molecule has 0 saturated heterocycles. The minimum atomic E-state index is 0.154. The van der Waals surface area contributed by atoms with Crippen LogP contribution in [0.15, 0.2) is 150 Å². The lowest BCUT2D eigenvalue weighted by Gasteiger charge is -2.36. The van der Waals surface area contributed by atoms with Crippen LogP contribution in [0.1, 0.15) is 41.1 Å². The maximum atomic E-state index is 6.81. The highest BCUT2D eigenvalue weighted by Crippen LogP contribution is 2.48. The molecule has 0 aliphatic heterocycles. The second kappa shape index (κ2) is 11.1. The first-order chi connectivity index (χ1) is 22.8. The van der Waals surface area contributed by atoms with Crippen LogP contribution in [0.25, 0.3) is 56.3 Å². The smallest absolute Gasteiger partial charge is 0.143 e. The molecule has 6 aromatic carbocycles. The van der Waals surface area contributed by atoms with Crippen LogP contribution in [0.2, 0.25) is 0 Å². The van der Waals surface area contributed by atoms with Gasteiger partial charge in [-0.25, -0.2) is 0 Å². The number of para-hydroxylation sites is 1. The molecule has 1 heterocycles. The minimum absolute atomic E-state index is 0.154. The van der Waals surface area contributed by atoms with Crippen molar-refractivity contribution < 1.29 is 4.42 Å². The van der Waals surface area contributed by atoms with Crippen molar-refractivity contribution in [3.8, 4) is 22.3 Å². The van der Waals surface area contributed by atoms with E-state index in [1.165, 1.54) is 61.3 Å². The molecule has 46 heavy (non-hydrogen) atoms. The number of anilines is 2. The third-order valence-corrected chi connectivity index (χ3v) is 9.68. The normalized spacial score (nSPS) is 15.2. The average Bonchev–Trinajstić information content (AvgIpc) is 3.52. The van der Waals surface area contributed by atoms with Crippen LogP contribution in [0.5, 0.6) is 0 Å². The van der Waals surface area contributed by atoms with Crippen molar-refractivity contribution in [2.75, 3.05) is 4.90 Å². The Morgan fingerprint density at radius 1 is 0.630 bits per heavy atom. The van der Waals surface area contributed by atoms with Gasteiger partial charge in [-0.05, 0) is 88.5 Å². The van der Waals surface area contributed by atoms with Crippen LogP contribution >= 0.6 is 0 Å². The van der Waals surface area contributed by atoms with Gasteiger partial charge in [0.25, 0.3) is 0 Å². The topological polar surface area (TPSA) is 16.4 Å². The van der Waals surface area contributed by atoms with Gasteiger partial charge in [0.15, 0.2) is 0 Å². The fourth-order valence-electron chi connectivity index (χ4n) is 7.55. The predicted molar refractivity (Wildman–Crippen MR) is 193 cm³/mol. The van der Waals surface area contributed by atoms with Gasteiger partial charge in [-0.3, -0.25) is 0 Å². The molecule has 2 aliphatic rings. The lowest BCUT2D eigenvalue weighted by molar-refractivity contribution is 0.666. The molecule has 1 atom stereocenters. The number of hydrogen-bond donors (Lipinski definition) is 0. The summed E-state index contributed by atoms with van der Waals surface area (Å²) in [5.74, 6) is 0. The van der Waals surface area contributed by atoms with Crippen molar-refractivity contribution in [2.45, 2.75) is 25.3 Å². The van der Waals surface area contributed by atoms with Crippen LogP contribution in [-0.2, 0) is 6.42 Å². The van der Waals surface area contributed by atoms with Gasteiger partial charge in [0.05, 0.1) is 17.1 Å². The van der Waals surface area contributed by atoms with Crippen molar-refractivity contribution in [1.29, 1.82) is 0 Å². The lowest BCUT2D eigenvalue weighted by Crippen LogP contribution is -2.25. The molecule has 0 fully saturated rings. The summed E-state index contributed by atoms with van der Waals surface area (Å²) in [6.07, 6.45) is 12.1. The highest BCUT2D eigenvalue weighted by molar-refractivity contribution is 6.15. The minimum Gasteiger partial charge on any atom is -0.455 e. The van der Waals surface area contributed by atoms with E-state index >= 15 is 0 Å². The summed E-state index contributed by atoms with van der Waals surface area (Å²) in [7, 11) is 0. The molecule has 1 unspecified atom stereocenters. The quantitative estimate of drug-likeness (QED) is 0.198. The van der Waals surface area contributed by atoms with Gasteiger partial charge in [-0.15, -0.1) is 0 Å². The van der Waals surface area contributed by atoms with Crippen molar-refractivity contribution in [1.82, 2.24) is 0 Å². The summed E-state index contributed by atoms with van der Waals surface area (Å²) >= 11 is 0. The van der Waals surface area contributed by atoms with Gasteiger partial charge >= 0.3 is 0 Å². The predicted octanol–water partition coefficient (Wildman–Crippen LogP) is 12.2. The maximum absolute atomic E-state index is 6.81. The van der Waals surface area contributed by atoms with Gasteiger partial charge in [0.2, 0.25) is 0 Å². The molecule has 7 aromatic rings. The first-order valence-corrected chi connectivity index (χ1v) is 16.3. The zero-order chi connectivity index (χ0) is 30.5. The second-order valence-corrected chi connectivity index (χ2v) is 12.3. The number of allylic oxidation sites excluding steroid dienone is 1. The fraction of sp³-hybridized carbons (Fsp3) is 0.0909. The molecular weight excluding hydrogens is 558 g/mol. The highest BCUT2D eigenvalue weighted by Gasteiger charge is 2.29.